The second-order valence-electron chi connectivity index (χ2n) is 3.95. The van der Waals surface area contributed by atoms with Crippen molar-refractivity contribution in [1.29, 1.82) is 0 Å². The van der Waals surface area contributed by atoms with E-state index in [9.17, 15) is 9.59 Å². The second-order valence-corrected chi connectivity index (χ2v) is 4.29. The van der Waals surface area contributed by atoms with E-state index in [1.54, 1.807) is 0 Å². The Morgan fingerprint density at radius 3 is 2.65 bits per heavy atom. The Balaban J connectivity index is 2.85. The molecule has 0 fully saturated rings. The molecule has 1 atom stereocenters. The van der Waals surface area contributed by atoms with Crippen LogP contribution >= 0.6 is 11.6 Å². The van der Waals surface area contributed by atoms with Gasteiger partial charge in [0.2, 0.25) is 5.22 Å². The number of hydrogen-bond donors (Lipinski definition) is 2. The largest absolute Gasteiger partial charge is 0.480 e. The molecule has 0 bridgehead atoms. The fraction of sp³-hybridized carbons (Fsp3) is 0.455. The molecule has 0 aromatic carbocycles. The van der Waals surface area contributed by atoms with Crippen molar-refractivity contribution in [3.63, 3.8) is 0 Å². The Morgan fingerprint density at radius 1 is 1.59 bits per heavy atom. The molecule has 5 nitrogen and oxygen atoms in total. The summed E-state index contributed by atoms with van der Waals surface area (Å²) in [4.78, 5) is 22.9. The van der Waals surface area contributed by atoms with Crippen LogP contribution in [0.25, 0.3) is 0 Å². The molecule has 0 radical (unpaired) electrons. The Kier molecular flexibility index (Phi) is 4.17. The van der Waals surface area contributed by atoms with Crippen LogP contribution in [0.3, 0.4) is 0 Å². The fourth-order valence-electron chi connectivity index (χ4n) is 1.50. The standard InChI is InChI=1S/C11H14ClNO4/c1-3-5-11(2,10(15)16)13-9(14)7-4-6-17-8(7)12/h4,6H,3,5H2,1-2H3,(H,13,14)(H,15,16). The molecule has 1 heterocycles. The minimum absolute atomic E-state index is 0.0493. The number of hydrogen-bond acceptors (Lipinski definition) is 3. The molecule has 17 heavy (non-hydrogen) atoms. The van der Waals surface area contributed by atoms with Gasteiger partial charge in [-0.15, -0.1) is 0 Å². The molecule has 1 amide bonds. The van der Waals surface area contributed by atoms with Gasteiger partial charge in [0.05, 0.1) is 11.8 Å². The SMILES string of the molecule is CCCC(C)(NC(=O)c1ccoc1Cl)C(=O)O. The smallest absolute Gasteiger partial charge is 0.329 e. The van der Waals surface area contributed by atoms with Gasteiger partial charge in [-0.2, -0.15) is 0 Å². The molecule has 1 aromatic rings. The zero-order valence-electron chi connectivity index (χ0n) is 9.62. The first kappa shape index (κ1) is 13.6. The first-order valence-electron chi connectivity index (χ1n) is 5.19. The summed E-state index contributed by atoms with van der Waals surface area (Å²) in [7, 11) is 0. The van der Waals surface area contributed by atoms with Crippen LogP contribution in [0.1, 0.15) is 37.0 Å². The van der Waals surface area contributed by atoms with E-state index in [1.807, 2.05) is 6.92 Å². The van der Waals surface area contributed by atoms with E-state index in [1.165, 1.54) is 19.3 Å². The van der Waals surface area contributed by atoms with Crippen molar-refractivity contribution in [1.82, 2.24) is 5.32 Å². The Labute approximate surface area is 104 Å². The number of carbonyl (C=O) groups excluding carboxylic acids is 1. The molecule has 1 aromatic heterocycles. The van der Waals surface area contributed by atoms with Gasteiger partial charge in [-0.05, 0) is 31.0 Å². The van der Waals surface area contributed by atoms with Gasteiger partial charge in [-0.1, -0.05) is 13.3 Å². The highest BCUT2D eigenvalue weighted by Crippen LogP contribution is 2.19. The van der Waals surface area contributed by atoms with Crippen LogP contribution in [0.15, 0.2) is 16.7 Å². The van der Waals surface area contributed by atoms with Gasteiger partial charge in [-0.3, -0.25) is 4.79 Å². The summed E-state index contributed by atoms with van der Waals surface area (Å²) in [6.07, 6.45) is 2.25. The number of carboxylic acid groups (broad SMARTS) is 1. The van der Waals surface area contributed by atoms with Crippen molar-refractivity contribution in [2.24, 2.45) is 0 Å². The van der Waals surface area contributed by atoms with Gasteiger partial charge in [0.25, 0.3) is 5.91 Å². The number of amides is 1. The highest BCUT2D eigenvalue weighted by Gasteiger charge is 2.34. The summed E-state index contributed by atoms with van der Waals surface area (Å²) < 4.78 is 4.78. The predicted molar refractivity (Wildman–Crippen MR) is 62.1 cm³/mol. The van der Waals surface area contributed by atoms with Crippen LogP contribution in [0.5, 0.6) is 0 Å². The van der Waals surface area contributed by atoms with E-state index in [2.05, 4.69) is 5.32 Å². The topological polar surface area (TPSA) is 79.5 Å². The van der Waals surface area contributed by atoms with Gasteiger partial charge >= 0.3 is 5.97 Å². The average Bonchev–Trinajstić information content (AvgIpc) is 2.64. The molecule has 0 aliphatic heterocycles. The maximum absolute atomic E-state index is 11.8. The summed E-state index contributed by atoms with van der Waals surface area (Å²) in [5.41, 5.74) is -1.16. The van der Waals surface area contributed by atoms with E-state index < -0.39 is 17.4 Å². The van der Waals surface area contributed by atoms with Crippen LogP contribution in [-0.4, -0.2) is 22.5 Å². The van der Waals surface area contributed by atoms with Gasteiger partial charge in [0, 0.05) is 0 Å². The Morgan fingerprint density at radius 2 is 2.24 bits per heavy atom. The molecule has 0 spiro atoms. The maximum atomic E-state index is 11.8. The monoisotopic (exact) mass is 259 g/mol. The minimum atomic E-state index is -1.30. The van der Waals surface area contributed by atoms with Crippen molar-refractivity contribution < 1.29 is 19.1 Å². The molecule has 0 aliphatic carbocycles. The van der Waals surface area contributed by atoms with E-state index in [-0.39, 0.29) is 10.8 Å². The van der Waals surface area contributed by atoms with Gasteiger partial charge in [-0.25, -0.2) is 4.79 Å². The number of nitrogens with one attached hydrogen (secondary N) is 1. The zero-order valence-corrected chi connectivity index (χ0v) is 10.4. The highest BCUT2D eigenvalue weighted by molar-refractivity contribution is 6.32. The third-order valence-corrected chi connectivity index (χ3v) is 2.77. The third-order valence-electron chi connectivity index (χ3n) is 2.47. The zero-order chi connectivity index (χ0) is 13.1. The summed E-state index contributed by atoms with van der Waals surface area (Å²) in [6, 6.07) is 1.39. The van der Waals surface area contributed by atoms with Gasteiger partial charge in [0.15, 0.2) is 0 Å². The molecule has 6 heteroatoms. The van der Waals surface area contributed by atoms with Crippen molar-refractivity contribution in [2.45, 2.75) is 32.2 Å². The first-order valence-corrected chi connectivity index (χ1v) is 5.57. The lowest BCUT2D eigenvalue weighted by Crippen LogP contribution is -2.52. The number of furan rings is 1. The summed E-state index contributed by atoms with van der Waals surface area (Å²) in [5, 5.41) is 11.5. The molecular formula is C11H14ClNO4. The van der Waals surface area contributed by atoms with Gasteiger partial charge in [0.1, 0.15) is 5.54 Å². The van der Waals surface area contributed by atoms with Crippen LogP contribution < -0.4 is 5.32 Å². The van der Waals surface area contributed by atoms with E-state index >= 15 is 0 Å². The third kappa shape index (κ3) is 3.00. The second kappa shape index (κ2) is 5.23. The Hall–Kier alpha value is -1.49. The number of carboxylic acids is 1. The van der Waals surface area contributed by atoms with Crippen LogP contribution in [0.4, 0.5) is 0 Å². The van der Waals surface area contributed by atoms with Crippen LogP contribution in [0.2, 0.25) is 5.22 Å². The number of carbonyl (C=O) groups is 2. The predicted octanol–water partition coefficient (Wildman–Crippen LogP) is 2.31. The van der Waals surface area contributed by atoms with Gasteiger partial charge < -0.3 is 14.8 Å². The summed E-state index contributed by atoms with van der Waals surface area (Å²) >= 11 is 5.65. The van der Waals surface area contributed by atoms with Crippen molar-refractivity contribution in [3.8, 4) is 0 Å². The van der Waals surface area contributed by atoms with Crippen molar-refractivity contribution in [2.75, 3.05) is 0 Å². The molecule has 0 saturated heterocycles. The van der Waals surface area contributed by atoms with Crippen LogP contribution in [-0.2, 0) is 4.79 Å². The molecule has 1 rings (SSSR count). The number of halogens is 1. The number of rotatable bonds is 5. The summed E-state index contributed by atoms with van der Waals surface area (Å²) in [5.74, 6) is -1.63. The van der Waals surface area contributed by atoms with E-state index in [0.29, 0.717) is 12.8 Å². The fourth-order valence-corrected chi connectivity index (χ4v) is 1.70. The lowest BCUT2D eigenvalue weighted by atomic mass is 9.96. The highest BCUT2D eigenvalue weighted by atomic mass is 35.5. The normalized spacial score (nSPS) is 14.1. The minimum Gasteiger partial charge on any atom is -0.480 e. The lowest BCUT2D eigenvalue weighted by Gasteiger charge is -2.25. The summed E-state index contributed by atoms with van der Waals surface area (Å²) in [6.45, 7) is 3.31. The van der Waals surface area contributed by atoms with E-state index in [4.69, 9.17) is 21.1 Å². The van der Waals surface area contributed by atoms with Crippen LogP contribution in [0, 0.1) is 0 Å². The van der Waals surface area contributed by atoms with Crippen molar-refractivity contribution in [3.05, 3.63) is 23.1 Å². The average molecular weight is 260 g/mol. The molecule has 94 valence electrons. The Bertz CT molecular complexity index is 429. The molecule has 1 unspecified atom stereocenters. The van der Waals surface area contributed by atoms with E-state index in [0.717, 1.165) is 0 Å². The molecule has 0 saturated carbocycles. The molecule has 2 N–H and O–H groups in total. The quantitative estimate of drug-likeness (QED) is 0.850. The maximum Gasteiger partial charge on any atom is 0.329 e. The first-order chi connectivity index (χ1) is 7.90. The number of aliphatic carboxylic acids is 1. The lowest BCUT2D eigenvalue weighted by molar-refractivity contribution is -0.144. The molecular weight excluding hydrogens is 246 g/mol. The molecule has 0 aliphatic rings. The van der Waals surface area contributed by atoms with Crippen molar-refractivity contribution >= 4 is 23.5 Å².